The lowest BCUT2D eigenvalue weighted by Crippen LogP contribution is -2.36. The van der Waals surface area contributed by atoms with E-state index in [1.54, 1.807) is 30.9 Å². The second-order valence-electron chi connectivity index (χ2n) is 10.6. The third-order valence-electron chi connectivity index (χ3n) is 7.96. The summed E-state index contributed by atoms with van der Waals surface area (Å²) in [5.74, 6) is 0.741. The van der Waals surface area contributed by atoms with Gasteiger partial charge < -0.3 is 4.90 Å². The highest BCUT2D eigenvalue weighted by Gasteiger charge is 2.38. The SMILES string of the molecule is Cc1cccn2c(=O)c(C=C3SC(=S)N(c4c(C)n(C)n(-c5ccccc5)c4=O)C3=O)c(N3CCC(C)CC3)nc12. The zero-order chi connectivity index (χ0) is 29.0. The van der Waals surface area contributed by atoms with Crippen molar-refractivity contribution < 1.29 is 4.79 Å². The van der Waals surface area contributed by atoms with Gasteiger partial charge in [0.15, 0.2) is 4.32 Å². The third-order valence-corrected chi connectivity index (χ3v) is 9.27. The van der Waals surface area contributed by atoms with Crippen molar-refractivity contribution in [3.8, 4) is 5.69 Å². The van der Waals surface area contributed by atoms with Crippen LogP contribution in [-0.4, -0.2) is 42.1 Å². The van der Waals surface area contributed by atoms with Crippen LogP contribution in [0.1, 0.15) is 36.6 Å². The van der Waals surface area contributed by atoms with Crippen molar-refractivity contribution in [1.82, 2.24) is 18.7 Å². The molecule has 9 nitrogen and oxygen atoms in total. The molecule has 210 valence electrons. The van der Waals surface area contributed by atoms with Crippen LogP contribution in [-0.2, 0) is 11.8 Å². The first-order valence-corrected chi connectivity index (χ1v) is 14.8. The topological polar surface area (TPSA) is 84.8 Å². The number of anilines is 2. The average Bonchev–Trinajstić information content (AvgIpc) is 3.35. The summed E-state index contributed by atoms with van der Waals surface area (Å²) in [7, 11) is 1.77. The van der Waals surface area contributed by atoms with Gasteiger partial charge in [-0.1, -0.05) is 55.2 Å². The Morgan fingerprint density at radius 1 is 1.00 bits per heavy atom. The van der Waals surface area contributed by atoms with Gasteiger partial charge in [0.25, 0.3) is 17.0 Å². The van der Waals surface area contributed by atoms with E-state index in [-0.39, 0.29) is 26.0 Å². The van der Waals surface area contributed by atoms with Gasteiger partial charge in [-0.25, -0.2) is 9.67 Å². The van der Waals surface area contributed by atoms with Gasteiger partial charge in [-0.3, -0.25) is 28.4 Å². The van der Waals surface area contributed by atoms with Crippen molar-refractivity contribution in [1.29, 1.82) is 0 Å². The summed E-state index contributed by atoms with van der Waals surface area (Å²) in [6.45, 7) is 7.50. The van der Waals surface area contributed by atoms with Crippen LogP contribution in [0.4, 0.5) is 11.5 Å². The monoisotopic (exact) mass is 586 g/mol. The van der Waals surface area contributed by atoms with E-state index < -0.39 is 5.91 Å². The fourth-order valence-electron chi connectivity index (χ4n) is 5.49. The van der Waals surface area contributed by atoms with Crippen LogP contribution in [0.3, 0.4) is 0 Å². The predicted molar refractivity (Wildman–Crippen MR) is 168 cm³/mol. The van der Waals surface area contributed by atoms with E-state index in [2.05, 4.69) is 11.8 Å². The summed E-state index contributed by atoms with van der Waals surface area (Å²) in [6.07, 6.45) is 5.29. The van der Waals surface area contributed by atoms with Gasteiger partial charge >= 0.3 is 0 Å². The van der Waals surface area contributed by atoms with Crippen molar-refractivity contribution in [2.24, 2.45) is 13.0 Å². The Labute approximate surface area is 246 Å². The number of hydrogen-bond acceptors (Lipinski definition) is 7. The van der Waals surface area contributed by atoms with Crippen molar-refractivity contribution in [3.05, 3.63) is 91.1 Å². The highest BCUT2D eigenvalue weighted by molar-refractivity contribution is 8.27. The molecule has 0 radical (unpaired) electrons. The minimum absolute atomic E-state index is 0.205. The summed E-state index contributed by atoms with van der Waals surface area (Å²) >= 11 is 6.73. The van der Waals surface area contributed by atoms with E-state index in [1.165, 1.54) is 14.0 Å². The van der Waals surface area contributed by atoms with Crippen molar-refractivity contribution in [2.75, 3.05) is 22.9 Å². The largest absolute Gasteiger partial charge is 0.356 e. The zero-order valence-electron chi connectivity index (χ0n) is 23.3. The summed E-state index contributed by atoms with van der Waals surface area (Å²) in [6, 6.07) is 13.0. The maximum Gasteiger partial charge on any atom is 0.296 e. The van der Waals surface area contributed by atoms with Gasteiger partial charge in [0.1, 0.15) is 17.2 Å². The predicted octanol–water partition coefficient (Wildman–Crippen LogP) is 4.44. The van der Waals surface area contributed by atoms with E-state index >= 15 is 0 Å². The van der Waals surface area contributed by atoms with Crippen LogP contribution in [0, 0.1) is 19.8 Å². The molecule has 0 unspecified atom stereocenters. The molecule has 11 heteroatoms. The van der Waals surface area contributed by atoms with Crippen LogP contribution in [0.2, 0.25) is 0 Å². The molecule has 0 spiro atoms. The van der Waals surface area contributed by atoms with Crippen LogP contribution in [0.15, 0.2) is 63.2 Å². The number of fused-ring (bicyclic) bond motifs is 1. The number of piperidine rings is 1. The number of nitrogens with zero attached hydrogens (tertiary/aromatic N) is 6. The lowest BCUT2D eigenvalue weighted by Gasteiger charge is -2.32. The molecule has 2 aliphatic rings. The normalized spacial score (nSPS) is 17.4. The van der Waals surface area contributed by atoms with Gasteiger partial charge in [0.2, 0.25) is 0 Å². The number of thiocarbonyl (C=S) groups is 1. The molecule has 3 aromatic heterocycles. The number of para-hydroxylation sites is 1. The quantitative estimate of drug-likeness (QED) is 0.258. The number of aromatic nitrogens is 4. The number of hydrogen-bond donors (Lipinski definition) is 0. The molecule has 1 aromatic carbocycles. The van der Waals surface area contributed by atoms with Gasteiger partial charge in [0.05, 0.1) is 21.8 Å². The Bertz CT molecular complexity index is 1860. The number of thioether (sulfide) groups is 1. The van der Waals surface area contributed by atoms with Crippen LogP contribution in [0.5, 0.6) is 0 Å². The second-order valence-corrected chi connectivity index (χ2v) is 12.3. The minimum atomic E-state index is -0.432. The van der Waals surface area contributed by atoms with Crippen molar-refractivity contribution >= 4 is 57.4 Å². The van der Waals surface area contributed by atoms with Gasteiger partial charge in [-0.2, -0.15) is 0 Å². The number of aryl methyl sites for hydroxylation is 1. The van der Waals surface area contributed by atoms with Crippen molar-refractivity contribution in [3.63, 3.8) is 0 Å². The molecule has 41 heavy (non-hydrogen) atoms. The summed E-state index contributed by atoms with van der Waals surface area (Å²) in [5, 5.41) is 0. The summed E-state index contributed by atoms with van der Waals surface area (Å²) in [5.41, 5.74) is 2.72. The lowest BCUT2D eigenvalue weighted by molar-refractivity contribution is -0.113. The standard InChI is InChI=1S/C30H30N6O3S2/c1-18-12-15-33(16-13-18)26-22(27(37)34-14-8-9-19(2)25(34)31-26)17-23-28(38)35(30(40)41-23)24-20(3)32(4)36(29(24)39)21-10-6-5-7-11-21/h5-11,14,17-18H,12-13,15-16H2,1-4H3. The Morgan fingerprint density at radius 3 is 2.41 bits per heavy atom. The van der Waals surface area contributed by atoms with E-state index in [9.17, 15) is 14.4 Å². The minimum Gasteiger partial charge on any atom is -0.356 e. The molecule has 0 saturated carbocycles. The molecule has 2 aliphatic heterocycles. The van der Waals surface area contributed by atoms with E-state index in [0.29, 0.717) is 34.3 Å². The lowest BCUT2D eigenvalue weighted by atomic mass is 9.99. The highest BCUT2D eigenvalue weighted by Crippen LogP contribution is 2.37. The molecule has 0 N–H and O–H groups in total. The maximum atomic E-state index is 13.9. The van der Waals surface area contributed by atoms with Gasteiger partial charge in [-0.05, 0) is 62.4 Å². The van der Waals surface area contributed by atoms with Crippen LogP contribution < -0.4 is 20.9 Å². The molecule has 0 bridgehead atoms. The number of benzene rings is 1. The molecular weight excluding hydrogens is 557 g/mol. The Morgan fingerprint density at radius 2 is 1.71 bits per heavy atom. The Hall–Kier alpha value is -3.96. The maximum absolute atomic E-state index is 13.9. The molecular formula is C30H30N6O3S2. The highest BCUT2D eigenvalue weighted by atomic mass is 32.2. The number of pyridine rings is 1. The van der Waals surface area contributed by atoms with E-state index in [0.717, 1.165) is 43.3 Å². The smallest absolute Gasteiger partial charge is 0.296 e. The molecule has 2 fully saturated rings. The molecule has 4 aromatic rings. The number of rotatable bonds is 4. The molecule has 6 rings (SSSR count). The van der Waals surface area contributed by atoms with Crippen molar-refractivity contribution in [2.45, 2.75) is 33.6 Å². The first-order valence-electron chi connectivity index (χ1n) is 13.6. The van der Waals surface area contributed by atoms with Crippen LogP contribution >= 0.6 is 24.0 Å². The first-order chi connectivity index (χ1) is 19.7. The van der Waals surface area contributed by atoms with Crippen LogP contribution in [0.25, 0.3) is 17.4 Å². The molecule has 5 heterocycles. The Balaban J connectivity index is 1.47. The third kappa shape index (κ3) is 4.53. The summed E-state index contributed by atoms with van der Waals surface area (Å²) < 4.78 is 5.00. The number of carbonyl (C=O) groups is 1. The average molecular weight is 587 g/mol. The molecule has 2 saturated heterocycles. The molecule has 1 amide bonds. The zero-order valence-corrected chi connectivity index (χ0v) is 25.0. The summed E-state index contributed by atoms with van der Waals surface area (Å²) in [4.78, 5) is 50.1. The second kappa shape index (κ2) is 10.5. The van der Waals surface area contributed by atoms with Gasteiger partial charge in [-0.15, -0.1) is 0 Å². The fourth-order valence-corrected chi connectivity index (χ4v) is 6.74. The van der Waals surface area contributed by atoms with E-state index in [1.807, 2.05) is 49.4 Å². The number of amides is 1. The van der Waals surface area contributed by atoms with E-state index in [4.69, 9.17) is 17.2 Å². The number of carbonyl (C=O) groups excluding carboxylic acids is 1. The van der Waals surface area contributed by atoms with Gasteiger partial charge in [0, 0.05) is 26.3 Å². The fraction of sp³-hybridized carbons (Fsp3) is 0.300. The molecule has 0 atom stereocenters. The first kappa shape index (κ1) is 27.2. The molecule has 0 aliphatic carbocycles. The Kier molecular flexibility index (Phi) is 6.95.